The van der Waals surface area contributed by atoms with Crippen molar-refractivity contribution in [2.75, 3.05) is 12.0 Å². The SMILES string of the molecule is CSCC(=O)NNC(=O)c1ccc(Br)s1. The van der Waals surface area contributed by atoms with Crippen LogP contribution in [0.1, 0.15) is 9.67 Å². The Kier molecular flexibility index (Phi) is 5.13. The maximum atomic E-state index is 11.4. The minimum Gasteiger partial charge on any atom is -0.272 e. The molecule has 0 fully saturated rings. The third kappa shape index (κ3) is 4.23. The molecule has 7 heteroatoms. The van der Waals surface area contributed by atoms with E-state index in [0.717, 1.165) is 3.79 Å². The van der Waals surface area contributed by atoms with Crippen LogP contribution in [0.25, 0.3) is 0 Å². The summed E-state index contributed by atoms with van der Waals surface area (Å²) in [5.74, 6) is -0.194. The molecule has 1 heterocycles. The molecular weight excluding hydrogens is 300 g/mol. The van der Waals surface area contributed by atoms with Crippen molar-refractivity contribution >= 4 is 50.8 Å². The van der Waals surface area contributed by atoms with E-state index in [1.165, 1.54) is 23.1 Å². The fraction of sp³-hybridized carbons (Fsp3) is 0.250. The highest BCUT2D eigenvalue weighted by Crippen LogP contribution is 2.21. The van der Waals surface area contributed by atoms with E-state index in [9.17, 15) is 9.59 Å². The largest absolute Gasteiger partial charge is 0.279 e. The molecule has 0 aliphatic heterocycles. The molecule has 1 aromatic heterocycles. The fourth-order valence-electron chi connectivity index (χ4n) is 0.792. The highest BCUT2D eigenvalue weighted by Gasteiger charge is 2.08. The molecule has 0 unspecified atom stereocenters. The predicted molar refractivity (Wildman–Crippen MR) is 66.0 cm³/mol. The van der Waals surface area contributed by atoms with Gasteiger partial charge in [-0.1, -0.05) is 0 Å². The van der Waals surface area contributed by atoms with Crippen LogP contribution in [0.15, 0.2) is 15.9 Å². The van der Waals surface area contributed by atoms with Gasteiger partial charge >= 0.3 is 0 Å². The summed E-state index contributed by atoms with van der Waals surface area (Å²) in [4.78, 5) is 23.0. The van der Waals surface area contributed by atoms with E-state index in [2.05, 4.69) is 26.8 Å². The maximum absolute atomic E-state index is 11.4. The van der Waals surface area contributed by atoms with Crippen LogP contribution in [0.3, 0.4) is 0 Å². The Morgan fingerprint density at radius 1 is 1.47 bits per heavy atom. The lowest BCUT2D eigenvalue weighted by molar-refractivity contribution is -0.119. The minimum atomic E-state index is -0.305. The summed E-state index contributed by atoms with van der Waals surface area (Å²) in [5, 5.41) is 0. The number of thioether (sulfide) groups is 1. The number of rotatable bonds is 3. The van der Waals surface area contributed by atoms with Gasteiger partial charge in [0.15, 0.2) is 0 Å². The molecule has 0 aliphatic carbocycles. The molecule has 0 radical (unpaired) electrons. The number of thiophene rings is 1. The Labute approximate surface area is 104 Å². The number of carbonyl (C=O) groups excluding carboxylic acids is 2. The zero-order valence-electron chi connectivity index (χ0n) is 7.87. The summed E-state index contributed by atoms with van der Waals surface area (Å²) in [5.41, 5.74) is 4.66. The number of amides is 2. The van der Waals surface area contributed by atoms with Crippen LogP contribution in [0.5, 0.6) is 0 Å². The first-order valence-corrected chi connectivity index (χ1v) is 6.97. The van der Waals surface area contributed by atoms with Crippen LogP contribution in [0.2, 0.25) is 0 Å². The predicted octanol–water partition coefficient (Wildman–Crippen LogP) is 1.63. The molecule has 0 bridgehead atoms. The molecule has 15 heavy (non-hydrogen) atoms. The van der Waals surface area contributed by atoms with Crippen molar-refractivity contribution < 1.29 is 9.59 Å². The molecule has 82 valence electrons. The number of hydrogen-bond acceptors (Lipinski definition) is 4. The summed E-state index contributed by atoms with van der Waals surface area (Å²) in [6.45, 7) is 0. The average Bonchev–Trinajstić information content (AvgIpc) is 2.62. The molecule has 0 spiro atoms. The smallest absolute Gasteiger partial charge is 0.272 e. The van der Waals surface area contributed by atoms with Crippen molar-refractivity contribution in [3.8, 4) is 0 Å². The summed E-state index contributed by atoms with van der Waals surface area (Å²) >= 11 is 5.96. The van der Waals surface area contributed by atoms with Crippen LogP contribution in [0, 0.1) is 0 Å². The fourth-order valence-corrected chi connectivity index (χ4v) is 2.41. The summed E-state index contributed by atoms with van der Waals surface area (Å²) in [6, 6.07) is 3.47. The molecule has 1 rings (SSSR count). The molecule has 0 saturated heterocycles. The lowest BCUT2D eigenvalue weighted by atomic mass is 10.4. The molecule has 0 atom stereocenters. The Hall–Kier alpha value is -0.530. The zero-order valence-corrected chi connectivity index (χ0v) is 11.1. The van der Waals surface area contributed by atoms with E-state index < -0.39 is 0 Å². The van der Waals surface area contributed by atoms with Gasteiger partial charge < -0.3 is 0 Å². The first-order valence-electron chi connectivity index (χ1n) is 3.97. The van der Waals surface area contributed by atoms with E-state index in [1.807, 2.05) is 6.26 Å². The van der Waals surface area contributed by atoms with Gasteiger partial charge in [0, 0.05) is 0 Å². The van der Waals surface area contributed by atoms with E-state index in [1.54, 1.807) is 12.1 Å². The van der Waals surface area contributed by atoms with Crippen LogP contribution in [-0.4, -0.2) is 23.8 Å². The van der Waals surface area contributed by atoms with Crippen LogP contribution in [0.4, 0.5) is 0 Å². The van der Waals surface area contributed by atoms with E-state index >= 15 is 0 Å². The number of hydrogen-bond donors (Lipinski definition) is 2. The number of carbonyl (C=O) groups is 2. The van der Waals surface area contributed by atoms with Gasteiger partial charge in [0.05, 0.1) is 14.4 Å². The monoisotopic (exact) mass is 308 g/mol. The van der Waals surface area contributed by atoms with Crippen molar-refractivity contribution in [2.24, 2.45) is 0 Å². The minimum absolute atomic E-state index is 0.216. The highest BCUT2D eigenvalue weighted by atomic mass is 79.9. The third-order valence-electron chi connectivity index (χ3n) is 1.39. The van der Waals surface area contributed by atoms with Crippen molar-refractivity contribution in [3.05, 3.63) is 20.8 Å². The van der Waals surface area contributed by atoms with Gasteiger partial charge in [-0.2, -0.15) is 11.8 Å². The van der Waals surface area contributed by atoms with Crippen LogP contribution in [-0.2, 0) is 4.79 Å². The molecule has 0 aromatic carbocycles. The van der Waals surface area contributed by atoms with Gasteiger partial charge in [0.2, 0.25) is 5.91 Å². The first kappa shape index (κ1) is 12.5. The molecular formula is C8H9BrN2O2S2. The standard InChI is InChI=1S/C8H9BrN2O2S2/c1-14-4-7(12)10-11-8(13)5-2-3-6(9)15-5/h2-3H,4H2,1H3,(H,10,12)(H,11,13). The Morgan fingerprint density at radius 2 is 2.20 bits per heavy atom. The van der Waals surface area contributed by atoms with Crippen molar-refractivity contribution in [1.29, 1.82) is 0 Å². The van der Waals surface area contributed by atoms with Crippen molar-refractivity contribution in [3.63, 3.8) is 0 Å². The summed E-state index contributed by atoms with van der Waals surface area (Å²) in [6.07, 6.45) is 1.82. The second kappa shape index (κ2) is 6.14. The number of hydrazine groups is 1. The lowest BCUT2D eigenvalue weighted by Gasteiger charge is -2.04. The Morgan fingerprint density at radius 3 is 2.73 bits per heavy atom. The van der Waals surface area contributed by atoms with Crippen molar-refractivity contribution in [1.82, 2.24) is 10.9 Å². The van der Waals surface area contributed by atoms with Gasteiger partial charge in [-0.15, -0.1) is 11.3 Å². The summed E-state index contributed by atoms with van der Waals surface area (Å²) in [7, 11) is 0. The molecule has 0 aliphatic rings. The van der Waals surface area contributed by atoms with E-state index in [4.69, 9.17) is 0 Å². The van der Waals surface area contributed by atoms with Gasteiger partial charge in [-0.25, -0.2) is 0 Å². The zero-order chi connectivity index (χ0) is 11.3. The summed E-state index contributed by atoms with van der Waals surface area (Å²) < 4.78 is 0.878. The molecule has 1 aromatic rings. The Bertz CT molecular complexity index is 367. The van der Waals surface area contributed by atoms with Gasteiger partial charge in [0.25, 0.3) is 5.91 Å². The molecule has 2 N–H and O–H groups in total. The highest BCUT2D eigenvalue weighted by molar-refractivity contribution is 9.11. The second-order valence-corrected chi connectivity index (χ2v) is 5.87. The van der Waals surface area contributed by atoms with Gasteiger partial charge in [-0.05, 0) is 34.3 Å². The normalized spacial score (nSPS) is 9.73. The van der Waals surface area contributed by atoms with Gasteiger partial charge in [0.1, 0.15) is 0 Å². The van der Waals surface area contributed by atoms with E-state index in [0.29, 0.717) is 10.6 Å². The lowest BCUT2D eigenvalue weighted by Crippen LogP contribution is -2.42. The first-order chi connectivity index (χ1) is 7.13. The molecule has 2 amide bonds. The van der Waals surface area contributed by atoms with Crippen molar-refractivity contribution in [2.45, 2.75) is 0 Å². The second-order valence-electron chi connectivity index (χ2n) is 2.54. The maximum Gasteiger partial charge on any atom is 0.279 e. The quantitative estimate of drug-likeness (QED) is 0.835. The topological polar surface area (TPSA) is 58.2 Å². The van der Waals surface area contributed by atoms with Crippen LogP contribution >= 0.6 is 39.0 Å². The van der Waals surface area contributed by atoms with Crippen LogP contribution < -0.4 is 10.9 Å². The molecule has 4 nitrogen and oxygen atoms in total. The Balaban J connectivity index is 2.40. The number of nitrogens with one attached hydrogen (secondary N) is 2. The van der Waals surface area contributed by atoms with Gasteiger partial charge in [-0.3, -0.25) is 20.4 Å². The third-order valence-corrected chi connectivity index (χ3v) is 3.56. The molecule has 0 saturated carbocycles. The number of halogens is 1. The average molecular weight is 309 g/mol. The van der Waals surface area contributed by atoms with E-state index in [-0.39, 0.29) is 11.8 Å².